The maximum absolute atomic E-state index is 12.2. The molecule has 1 heterocycles. The summed E-state index contributed by atoms with van der Waals surface area (Å²) >= 11 is 0. The van der Waals surface area contributed by atoms with Crippen LogP contribution < -0.4 is 15.4 Å². The lowest BCUT2D eigenvalue weighted by Crippen LogP contribution is -2.24. The number of carbonyl (C=O) groups is 1. The molecule has 0 bridgehead atoms. The van der Waals surface area contributed by atoms with Crippen molar-refractivity contribution in [1.82, 2.24) is 5.32 Å². The quantitative estimate of drug-likeness (QED) is 0.899. The number of hydrogen-bond acceptors (Lipinski definition) is 3. The van der Waals surface area contributed by atoms with Gasteiger partial charge in [-0.3, -0.25) is 4.79 Å². The zero-order chi connectivity index (χ0) is 13.8. The van der Waals surface area contributed by atoms with Crippen LogP contribution >= 0.6 is 12.4 Å². The lowest BCUT2D eigenvalue weighted by molar-refractivity contribution is -0.119. The van der Waals surface area contributed by atoms with Crippen LogP contribution in [0.3, 0.4) is 0 Å². The summed E-state index contributed by atoms with van der Waals surface area (Å²) in [6.45, 7) is 0.275. The van der Waals surface area contributed by atoms with Crippen molar-refractivity contribution in [3.8, 4) is 5.75 Å². The molecule has 2 rings (SSSR count). The van der Waals surface area contributed by atoms with Gasteiger partial charge in [0.05, 0.1) is 5.92 Å². The summed E-state index contributed by atoms with van der Waals surface area (Å²) in [5, 5.41) is 5.82. The number of ether oxygens (including phenoxy) is 1. The molecule has 0 spiro atoms. The number of rotatable bonds is 4. The second kappa shape index (κ2) is 7.40. The van der Waals surface area contributed by atoms with Crippen molar-refractivity contribution in [2.24, 2.45) is 5.92 Å². The van der Waals surface area contributed by atoms with Crippen molar-refractivity contribution in [2.45, 2.75) is 20.0 Å². The first-order valence-corrected chi connectivity index (χ1v) is 6.13. The van der Waals surface area contributed by atoms with Crippen LogP contribution in [0.1, 0.15) is 12.0 Å². The summed E-state index contributed by atoms with van der Waals surface area (Å²) in [6.07, 6.45) is 0.790. The number of amides is 1. The smallest absolute Gasteiger partial charge is 0.387 e. The molecule has 2 N–H and O–H groups in total. The van der Waals surface area contributed by atoms with Crippen LogP contribution in [-0.4, -0.2) is 25.6 Å². The van der Waals surface area contributed by atoms with Crippen LogP contribution in [0.4, 0.5) is 14.5 Å². The highest BCUT2D eigenvalue weighted by molar-refractivity contribution is 5.93. The minimum atomic E-state index is -2.87. The third-order valence-corrected chi connectivity index (χ3v) is 3.10. The molecule has 1 amide bonds. The topological polar surface area (TPSA) is 50.4 Å². The number of alkyl halides is 2. The van der Waals surface area contributed by atoms with Crippen molar-refractivity contribution in [2.75, 3.05) is 18.4 Å². The largest absolute Gasteiger partial charge is 0.434 e. The SMILES string of the molecule is Cc1ccc(NC(=O)C2CCNC2)cc1OC(F)F.Cl. The van der Waals surface area contributed by atoms with Crippen LogP contribution in [0.5, 0.6) is 5.75 Å². The second-order valence-electron chi connectivity index (χ2n) is 4.54. The molecule has 1 aromatic carbocycles. The van der Waals surface area contributed by atoms with E-state index in [0.717, 1.165) is 13.0 Å². The highest BCUT2D eigenvalue weighted by atomic mass is 35.5. The highest BCUT2D eigenvalue weighted by Gasteiger charge is 2.22. The monoisotopic (exact) mass is 306 g/mol. The molecule has 1 aliphatic heterocycles. The molecule has 112 valence electrons. The van der Waals surface area contributed by atoms with Gasteiger partial charge in [0.1, 0.15) is 5.75 Å². The third-order valence-electron chi connectivity index (χ3n) is 3.10. The van der Waals surface area contributed by atoms with Crippen LogP contribution in [0, 0.1) is 12.8 Å². The number of carbonyl (C=O) groups excluding carboxylic acids is 1. The molecule has 20 heavy (non-hydrogen) atoms. The fourth-order valence-corrected chi connectivity index (χ4v) is 2.02. The van der Waals surface area contributed by atoms with E-state index in [0.29, 0.717) is 17.8 Å². The third kappa shape index (κ3) is 4.31. The van der Waals surface area contributed by atoms with Crippen molar-refractivity contribution < 1.29 is 18.3 Å². The molecular formula is C13H17ClF2N2O2. The standard InChI is InChI=1S/C13H16F2N2O2.ClH/c1-8-2-3-10(6-11(8)19-13(14)15)17-12(18)9-4-5-16-7-9;/h2-3,6,9,13,16H,4-5,7H2,1H3,(H,17,18);1H. The second-order valence-corrected chi connectivity index (χ2v) is 4.54. The average molecular weight is 307 g/mol. The summed E-state index contributed by atoms with van der Waals surface area (Å²) < 4.78 is 28.8. The zero-order valence-corrected chi connectivity index (χ0v) is 11.8. The van der Waals surface area contributed by atoms with Crippen molar-refractivity contribution in [3.63, 3.8) is 0 Å². The number of benzene rings is 1. The Morgan fingerprint density at radius 2 is 2.25 bits per heavy atom. The first-order valence-electron chi connectivity index (χ1n) is 6.13. The first kappa shape index (κ1) is 16.7. The van der Waals surface area contributed by atoms with E-state index in [1.165, 1.54) is 6.07 Å². The van der Waals surface area contributed by atoms with Crippen molar-refractivity contribution in [1.29, 1.82) is 0 Å². The lowest BCUT2D eigenvalue weighted by Gasteiger charge is -2.13. The van der Waals surface area contributed by atoms with E-state index in [2.05, 4.69) is 15.4 Å². The molecule has 4 nitrogen and oxygen atoms in total. The van der Waals surface area contributed by atoms with Crippen LogP contribution in [0.2, 0.25) is 0 Å². The van der Waals surface area contributed by atoms with Crippen molar-refractivity contribution in [3.05, 3.63) is 23.8 Å². The van der Waals surface area contributed by atoms with Gasteiger partial charge in [0.25, 0.3) is 0 Å². The summed E-state index contributed by atoms with van der Waals surface area (Å²) in [5.41, 5.74) is 1.07. The number of anilines is 1. The van der Waals surface area contributed by atoms with Crippen LogP contribution in [0.25, 0.3) is 0 Å². The Balaban J connectivity index is 0.00000200. The minimum absolute atomic E-state index is 0. The van der Waals surface area contributed by atoms with Gasteiger partial charge in [-0.1, -0.05) is 6.07 Å². The average Bonchev–Trinajstić information content (AvgIpc) is 2.86. The van der Waals surface area contributed by atoms with E-state index in [1.54, 1.807) is 19.1 Å². The number of nitrogens with one attached hydrogen (secondary N) is 2. The van der Waals surface area contributed by atoms with Gasteiger partial charge in [0.2, 0.25) is 5.91 Å². The van der Waals surface area contributed by atoms with Gasteiger partial charge in [-0.15, -0.1) is 12.4 Å². The van der Waals surface area contributed by atoms with Gasteiger partial charge in [-0.25, -0.2) is 0 Å². The number of aryl methyl sites for hydroxylation is 1. The molecule has 0 radical (unpaired) electrons. The first-order chi connectivity index (χ1) is 9.06. The molecule has 1 atom stereocenters. The Bertz CT molecular complexity index is 466. The Morgan fingerprint density at radius 3 is 2.85 bits per heavy atom. The van der Waals surface area contributed by atoms with E-state index >= 15 is 0 Å². The molecule has 7 heteroatoms. The molecule has 0 aliphatic carbocycles. The highest BCUT2D eigenvalue weighted by Crippen LogP contribution is 2.25. The van der Waals surface area contributed by atoms with Gasteiger partial charge in [-0.05, 0) is 31.5 Å². The Labute approximate surface area is 122 Å². The van der Waals surface area contributed by atoms with E-state index in [4.69, 9.17) is 0 Å². The lowest BCUT2D eigenvalue weighted by atomic mass is 10.1. The number of hydrogen-bond donors (Lipinski definition) is 2. The van der Waals surface area contributed by atoms with Crippen molar-refractivity contribution >= 4 is 24.0 Å². The summed E-state index contributed by atoms with van der Waals surface area (Å²) in [5.74, 6) is -0.0880. The van der Waals surface area contributed by atoms with Crippen LogP contribution in [0.15, 0.2) is 18.2 Å². The fourth-order valence-electron chi connectivity index (χ4n) is 2.02. The fraction of sp³-hybridized carbons (Fsp3) is 0.462. The van der Waals surface area contributed by atoms with E-state index in [1.807, 2.05) is 0 Å². The Hall–Kier alpha value is -1.40. The predicted molar refractivity (Wildman–Crippen MR) is 74.7 cm³/mol. The predicted octanol–water partition coefficient (Wildman–Crippen LogP) is 2.57. The summed E-state index contributed by atoms with van der Waals surface area (Å²) in [7, 11) is 0. The van der Waals surface area contributed by atoms with E-state index in [-0.39, 0.29) is 30.0 Å². The molecule has 0 saturated carbocycles. The maximum atomic E-state index is 12.2. The Morgan fingerprint density at radius 1 is 1.50 bits per heavy atom. The molecule has 1 saturated heterocycles. The molecule has 1 aromatic rings. The zero-order valence-electron chi connectivity index (χ0n) is 11.0. The van der Waals surface area contributed by atoms with Gasteiger partial charge >= 0.3 is 6.61 Å². The Kier molecular flexibility index (Phi) is 6.16. The normalized spacial score (nSPS) is 17.7. The molecule has 0 aromatic heterocycles. The van der Waals surface area contributed by atoms with Gasteiger partial charge in [0.15, 0.2) is 0 Å². The van der Waals surface area contributed by atoms with E-state index < -0.39 is 6.61 Å². The van der Waals surface area contributed by atoms with Gasteiger partial charge < -0.3 is 15.4 Å². The van der Waals surface area contributed by atoms with Gasteiger partial charge in [0, 0.05) is 18.3 Å². The molecule has 1 fully saturated rings. The van der Waals surface area contributed by atoms with Gasteiger partial charge in [-0.2, -0.15) is 8.78 Å². The molecule has 1 aliphatic rings. The summed E-state index contributed by atoms with van der Waals surface area (Å²) in [4.78, 5) is 11.9. The van der Waals surface area contributed by atoms with Crippen LogP contribution in [-0.2, 0) is 4.79 Å². The molecule has 1 unspecified atom stereocenters. The minimum Gasteiger partial charge on any atom is -0.434 e. The molecular weight excluding hydrogens is 290 g/mol. The number of halogens is 3. The van der Waals surface area contributed by atoms with E-state index in [9.17, 15) is 13.6 Å². The summed E-state index contributed by atoms with van der Waals surface area (Å²) in [6, 6.07) is 4.73. The maximum Gasteiger partial charge on any atom is 0.387 e.